The molecule has 0 atom stereocenters. The molecule has 0 aliphatic carbocycles. The Balaban J connectivity index is 0.000000320. The van der Waals surface area contributed by atoms with Crippen LogP contribution >= 0.6 is 11.6 Å². The van der Waals surface area contributed by atoms with E-state index in [9.17, 15) is 4.79 Å². The van der Waals surface area contributed by atoms with Crippen molar-refractivity contribution >= 4 is 35.0 Å². The van der Waals surface area contributed by atoms with Gasteiger partial charge in [0, 0.05) is 32.0 Å². The number of nitrogen functional groups attached to an aromatic ring is 1. The number of carbonyl (C=O) groups excluding carboxylic acids is 1. The number of aryl methyl sites for hydroxylation is 1. The molecule has 182 valence electrons. The summed E-state index contributed by atoms with van der Waals surface area (Å²) in [7, 11) is 1.54. The number of nitrogens with one attached hydrogen (secondary N) is 2. The number of benzene rings is 2. The number of rotatable bonds is 7. The number of hydrogen-bond acceptors (Lipinski definition) is 9. The fraction of sp³-hybridized carbons (Fsp3) is 0.208. The van der Waals surface area contributed by atoms with E-state index >= 15 is 0 Å². The van der Waals surface area contributed by atoms with Crippen molar-refractivity contribution in [1.82, 2.24) is 25.5 Å². The second-order valence-electron chi connectivity index (χ2n) is 7.20. The molecule has 4 rings (SSSR count). The third-order valence-corrected chi connectivity index (χ3v) is 5.07. The van der Waals surface area contributed by atoms with Crippen LogP contribution in [0.1, 0.15) is 28.7 Å². The van der Waals surface area contributed by atoms with Gasteiger partial charge in [-0.15, -0.1) is 10.2 Å². The first kappa shape index (κ1) is 25.6. The van der Waals surface area contributed by atoms with Crippen LogP contribution in [0.3, 0.4) is 0 Å². The van der Waals surface area contributed by atoms with Gasteiger partial charge in [0.1, 0.15) is 5.82 Å². The van der Waals surface area contributed by atoms with Gasteiger partial charge < -0.3 is 25.9 Å². The van der Waals surface area contributed by atoms with Crippen LogP contribution in [-0.4, -0.2) is 44.8 Å². The summed E-state index contributed by atoms with van der Waals surface area (Å²) >= 11 is 6.13. The maximum atomic E-state index is 11.7. The molecule has 0 unspecified atom stereocenters. The molecule has 35 heavy (non-hydrogen) atoms. The van der Waals surface area contributed by atoms with E-state index in [2.05, 4.69) is 30.8 Å². The molecule has 4 aromatic rings. The Morgan fingerprint density at radius 1 is 1.17 bits per heavy atom. The fourth-order valence-corrected chi connectivity index (χ4v) is 3.21. The summed E-state index contributed by atoms with van der Waals surface area (Å²) in [6.07, 6.45) is 2.89. The lowest BCUT2D eigenvalue weighted by Crippen LogP contribution is -2.18. The van der Waals surface area contributed by atoms with Gasteiger partial charge in [0.25, 0.3) is 11.8 Å². The van der Waals surface area contributed by atoms with Crippen LogP contribution in [0.2, 0.25) is 5.02 Å². The minimum atomic E-state index is -0.266. The number of anilines is 3. The zero-order chi connectivity index (χ0) is 25.2. The highest BCUT2D eigenvalue weighted by atomic mass is 35.5. The summed E-state index contributed by atoms with van der Waals surface area (Å²) < 4.78 is 5.46. The second-order valence-corrected chi connectivity index (χ2v) is 7.61. The number of aromatic nitrogens is 4. The standard InChI is InChI=1S/C16H16ClN7O2.C8H10O/c1-3-12-23-24-15(26-12)10-7-20-16(22-13(10)18)21-8-4-5-9(11(17)6-8)14(25)19-2;9-7-6-8-4-2-1-3-5-8/h4-7H,3H2,1-2H3,(H,19,25)(H3,18,20,21,22);1-5,9H,6-7H2. The van der Waals surface area contributed by atoms with Crippen LogP contribution in [0.15, 0.2) is 59.1 Å². The van der Waals surface area contributed by atoms with Crippen molar-refractivity contribution in [1.29, 1.82) is 0 Å². The predicted octanol–water partition coefficient (Wildman–Crippen LogP) is 3.65. The largest absolute Gasteiger partial charge is 0.421 e. The number of nitrogens with two attached hydrogens (primary N) is 1. The maximum absolute atomic E-state index is 11.7. The molecule has 0 fully saturated rings. The molecule has 0 bridgehead atoms. The number of amides is 1. The van der Waals surface area contributed by atoms with Crippen LogP contribution in [0, 0.1) is 0 Å². The molecule has 0 spiro atoms. The third-order valence-electron chi connectivity index (χ3n) is 4.76. The molecule has 0 saturated carbocycles. The Kier molecular flexibility index (Phi) is 9.10. The van der Waals surface area contributed by atoms with E-state index in [0.717, 1.165) is 6.42 Å². The lowest BCUT2D eigenvalue weighted by molar-refractivity contribution is 0.0963. The van der Waals surface area contributed by atoms with E-state index in [0.29, 0.717) is 34.1 Å². The van der Waals surface area contributed by atoms with Crippen molar-refractivity contribution in [2.45, 2.75) is 19.8 Å². The Morgan fingerprint density at radius 3 is 2.54 bits per heavy atom. The smallest absolute Gasteiger partial charge is 0.253 e. The number of carbonyl (C=O) groups is 1. The van der Waals surface area contributed by atoms with Crippen molar-refractivity contribution in [3.63, 3.8) is 0 Å². The minimum Gasteiger partial charge on any atom is -0.421 e. The zero-order valence-electron chi connectivity index (χ0n) is 19.3. The van der Waals surface area contributed by atoms with Crippen LogP contribution < -0.4 is 16.4 Å². The molecule has 0 aliphatic heterocycles. The van der Waals surface area contributed by atoms with Gasteiger partial charge in [0.15, 0.2) is 0 Å². The average molecular weight is 496 g/mol. The van der Waals surface area contributed by atoms with Gasteiger partial charge in [-0.2, -0.15) is 4.98 Å². The molecule has 0 radical (unpaired) electrons. The highest BCUT2D eigenvalue weighted by Gasteiger charge is 2.14. The van der Waals surface area contributed by atoms with Gasteiger partial charge in [-0.05, 0) is 30.2 Å². The number of hydrogen-bond donors (Lipinski definition) is 4. The van der Waals surface area contributed by atoms with Gasteiger partial charge in [0.05, 0.1) is 16.1 Å². The molecular formula is C24H26ClN7O3. The Bertz CT molecular complexity index is 1270. The Morgan fingerprint density at radius 2 is 1.94 bits per heavy atom. The van der Waals surface area contributed by atoms with E-state index in [1.807, 2.05) is 37.3 Å². The first-order valence-electron chi connectivity index (χ1n) is 10.8. The zero-order valence-corrected chi connectivity index (χ0v) is 20.1. The lowest BCUT2D eigenvalue weighted by Gasteiger charge is -2.09. The van der Waals surface area contributed by atoms with E-state index in [1.165, 1.54) is 18.8 Å². The van der Waals surface area contributed by atoms with E-state index in [4.69, 9.17) is 26.9 Å². The van der Waals surface area contributed by atoms with Gasteiger partial charge in [-0.3, -0.25) is 4.79 Å². The molecule has 0 aliphatic rings. The van der Waals surface area contributed by atoms with Crippen LogP contribution in [0.25, 0.3) is 11.5 Å². The molecule has 2 aromatic heterocycles. The summed E-state index contributed by atoms with van der Waals surface area (Å²) in [5.74, 6) is 0.973. The molecule has 2 aromatic carbocycles. The molecule has 11 heteroatoms. The summed E-state index contributed by atoms with van der Waals surface area (Å²) in [6, 6.07) is 14.8. The van der Waals surface area contributed by atoms with Crippen LogP contribution in [-0.2, 0) is 12.8 Å². The summed E-state index contributed by atoms with van der Waals surface area (Å²) in [5.41, 5.74) is 8.61. The molecule has 5 N–H and O–H groups in total. The Hall–Kier alpha value is -4.02. The quantitative estimate of drug-likeness (QED) is 0.301. The molecular weight excluding hydrogens is 470 g/mol. The third kappa shape index (κ3) is 6.98. The van der Waals surface area contributed by atoms with Crippen LogP contribution in [0.5, 0.6) is 0 Å². The minimum absolute atomic E-state index is 0.196. The number of halogens is 1. The van der Waals surface area contributed by atoms with Gasteiger partial charge >= 0.3 is 0 Å². The van der Waals surface area contributed by atoms with E-state index in [1.54, 1.807) is 18.2 Å². The maximum Gasteiger partial charge on any atom is 0.253 e. The van der Waals surface area contributed by atoms with Crippen molar-refractivity contribution in [2.75, 3.05) is 24.7 Å². The molecule has 10 nitrogen and oxygen atoms in total. The van der Waals surface area contributed by atoms with E-state index in [-0.39, 0.29) is 30.2 Å². The summed E-state index contributed by atoms with van der Waals surface area (Å²) in [5, 5.41) is 22.1. The van der Waals surface area contributed by atoms with E-state index < -0.39 is 0 Å². The fourth-order valence-electron chi connectivity index (χ4n) is 2.94. The lowest BCUT2D eigenvalue weighted by atomic mass is 10.2. The summed E-state index contributed by atoms with van der Waals surface area (Å²) in [4.78, 5) is 20.1. The highest BCUT2D eigenvalue weighted by Crippen LogP contribution is 2.26. The van der Waals surface area contributed by atoms with Crippen molar-refractivity contribution < 1.29 is 14.3 Å². The van der Waals surface area contributed by atoms with Gasteiger partial charge in [-0.25, -0.2) is 4.98 Å². The normalized spacial score (nSPS) is 10.3. The van der Waals surface area contributed by atoms with Crippen molar-refractivity contribution in [3.05, 3.63) is 76.8 Å². The number of aliphatic hydroxyl groups is 1. The topological polar surface area (TPSA) is 152 Å². The van der Waals surface area contributed by atoms with Crippen molar-refractivity contribution in [2.24, 2.45) is 0 Å². The highest BCUT2D eigenvalue weighted by molar-refractivity contribution is 6.34. The first-order valence-corrected chi connectivity index (χ1v) is 11.2. The summed E-state index contributed by atoms with van der Waals surface area (Å²) in [6.45, 7) is 2.15. The number of aliphatic hydroxyl groups excluding tert-OH is 1. The van der Waals surface area contributed by atoms with Crippen molar-refractivity contribution in [3.8, 4) is 11.5 Å². The first-order chi connectivity index (χ1) is 16.9. The SMILES string of the molecule is CCc1nnc(-c2cnc(Nc3ccc(C(=O)NC)c(Cl)c3)nc2N)o1.OCCc1ccccc1. The molecule has 2 heterocycles. The monoisotopic (exact) mass is 495 g/mol. The van der Waals surface area contributed by atoms with Gasteiger partial charge in [0.2, 0.25) is 11.8 Å². The average Bonchev–Trinajstić information content (AvgIpc) is 3.34. The molecule has 0 saturated heterocycles. The van der Waals surface area contributed by atoms with Crippen LogP contribution in [0.4, 0.5) is 17.5 Å². The predicted molar refractivity (Wildman–Crippen MR) is 134 cm³/mol. The Labute approximate surface area is 207 Å². The second kappa shape index (κ2) is 12.4. The molecule has 1 amide bonds. The van der Waals surface area contributed by atoms with Gasteiger partial charge in [-0.1, -0.05) is 48.9 Å². The number of nitrogens with zero attached hydrogens (tertiary/aromatic N) is 4.